The molecule has 0 fully saturated rings. The van der Waals surface area contributed by atoms with E-state index in [-0.39, 0.29) is 21.7 Å². The summed E-state index contributed by atoms with van der Waals surface area (Å²) in [5.74, 6) is -2.31. The molecule has 0 aliphatic carbocycles. The zero-order chi connectivity index (χ0) is 14.0. The second-order valence-electron chi connectivity index (χ2n) is 3.96. The molecule has 0 aliphatic rings. The van der Waals surface area contributed by atoms with Crippen molar-refractivity contribution in [2.24, 2.45) is 0 Å². The van der Waals surface area contributed by atoms with Crippen LogP contribution in [0.1, 0.15) is 51.3 Å². The van der Waals surface area contributed by atoms with Crippen LogP contribution < -0.4 is 0 Å². The van der Waals surface area contributed by atoms with Crippen molar-refractivity contribution >= 4 is 23.5 Å². The molecule has 98 valence electrons. The number of carboxylic acid groups (broad SMARTS) is 2. The Balaban J connectivity index is 3.86. The number of benzene rings is 1. The SMILES string of the molecule is CCc1c(Cl)c(C(=O)O)c(C)c(C(=O)O)c1CC. The highest BCUT2D eigenvalue weighted by Gasteiger charge is 2.25. The first-order valence-electron chi connectivity index (χ1n) is 5.67. The quantitative estimate of drug-likeness (QED) is 0.881. The molecule has 4 nitrogen and oxygen atoms in total. The Kier molecular flexibility index (Phi) is 4.35. The highest BCUT2D eigenvalue weighted by molar-refractivity contribution is 6.35. The van der Waals surface area contributed by atoms with Crippen LogP contribution in [0.25, 0.3) is 0 Å². The molecule has 0 heterocycles. The molecule has 0 bridgehead atoms. The number of rotatable bonds is 4. The lowest BCUT2D eigenvalue weighted by Gasteiger charge is -2.17. The van der Waals surface area contributed by atoms with Crippen LogP contribution in [-0.2, 0) is 12.8 Å². The number of halogens is 1. The van der Waals surface area contributed by atoms with E-state index in [9.17, 15) is 14.7 Å². The summed E-state index contributed by atoms with van der Waals surface area (Å²) >= 11 is 6.10. The van der Waals surface area contributed by atoms with Gasteiger partial charge in [-0.3, -0.25) is 0 Å². The second kappa shape index (κ2) is 5.40. The van der Waals surface area contributed by atoms with Crippen molar-refractivity contribution in [1.82, 2.24) is 0 Å². The molecular formula is C13H15ClO4. The summed E-state index contributed by atoms with van der Waals surface area (Å²) in [6, 6.07) is 0. The van der Waals surface area contributed by atoms with Gasteiger partial charge in [0.25, 0.3) is 0 Å². The molecule has 0 radical (unpaired) electrons. The maximum Gasteiger partial charge on any atom is 0.337 e. The first-order chi connectivity index (χ1) is 8.36. The van der Waals surface area contributed by atoms with Crippen molar-refractivity contribution in [3.63, 3.8) is 0 Å². The van der Waals surface area contributed by atoms with E-state index >= 15 is 0 Å². The van der Waals surface area contributed by atoms with Crippen LogP contribution in [0, 0.1) is 6.92 Å². The van der Waals surface area contributed by atoms with Crippen LogP contribution in [0.2, 0.25) is 5.02 Å². The van der Waals surface area contributed by atoms with Gasteiger partial charge in [-0.25, -0.2) is 9.59 Å². The van der Waals surface area contributed by atoms with Gasteiger partial charge in [-0.1, -0.05) is 25.4 Å². The summed E-state index contributed by atoms with van der Waals surface area (Å²) in [5.41, 5.74) is 1.41. The Hall–Kier alpha value is -1.55. The molecule has 0 saturated heterocycles. The molecule has 18 heavy (non-hydrogen) atoms. The first kappa shape index (κ1) is 14.5. The average molecular weight is 271 g/mol. The van der Waals surface area contributed by atoms with Gasteiger partial charge in [-0.15, -0.1) is 0 Å². The topological polar surface area (TPSA) is 74.6 Å². The summed E-state index contributed by atoms with van der Waals surface area (Å²) in [7, 11) is 0. The van der Waals surface area contributed by atoms with Crippen LogP contribution in [0.5, 0.6) is 0 Å². The Morgan fingerprint density at radius 1 is 1.00 bits per heavy atom. The third-order valence-corrected chi connectivity index (χ3v) is 3.45. The van der Waals surface area contributed by atoms with Crippen LogP contribution in [0.3, 0.4) is 0 Å². The second-order valence-corrected chi connectivity index (χ2v) is 4.34. The number of carboxylic acids is 2. The zero-order valence-electron chi connectivity index (χ0n) is 10.5. The van der Waals surface area contributed by atoms with Crippen molar-refractivity contribution in [2.75, 3.05) is 0 Å². The molecule has 1 aromatic carbocycles. The normalized spacial score (nSPS) is 10.4. The number of carbonyl (C=O) groups is 2. The molecule has 0 atom stereocenters. The fourth-order valence-corrected chi connectivity index (χ4v) is 2.72. The minimum atomic E-state index is -1.20. The highest BCUT2D eigenvalue weighted by atomic mass is 35.5. The molecular weight excluding hydrogens is 256 g/mol. The van der Waals surface area contributed by atoms with Crippen LogP contribution in [-0.4, -0.2) is 22.2 Å². The van der Waals surface area contributed by atoms with Crippen molar-refractivity contribution < 1.29 is 19.8 Å². The lowest BCUT2D eigenvalue weighted by atomic mass is 9.89. The molecule has 0 saturated carbocycles. The number of hydrogen-bond acceptors (Lipinski definition) is 2. The van der Waals surface area contributed by atoms with Gasteiger partial charge >= 0.3 is 11.9 Å². The van der Waals surface area contributed by atoms with E-state index in [1.807, 2.05) is 13.8 Å². The maximum absolute atomic E-state index is 11.3. The summed E-state index contributed by atoms with van der Waals surface area (Å²) in [6.45, 7) is 5.14. The van der Waals surface area contributed by atoms with Gasteiger partial charge in [0.1, 0.15) is 0 Å². The predicted octanol–water partition coefficient (Wildman–Crippen LogP) is 3.17. The van der Waals surface area contributed by atoms with E-state index in [0.29, 0.717) is 24.0 Å². The van der Waals surface area contributed by atoms with Gasteiger partial charge < -0.3 is 10.2 Å². The Bertz CT molecular complexity index is 520. The summed E-state index contributed by atoms with van der Waals surface area (Å²) in [4.78, 5) is 22.5. The molecule has 1 rings (SSSR count). The van der Waals surface area contributed by atoms with Crippen molar-refractivity contribution in [2.45, 2.75) is 33.6 Å². The molecule has 0 spiro atoms. The van der Waals surface area contributed by atoms with Crippen LogP contribution in [0.15, 0.2) is 0 Å². The Morgan fingerprint density at radius 3 is 1.78 bits per heavy atom. The van der Waals surface area contributed by atoms with Gasteiger partial charge in [0.05, 0.1) is 16.1 Å². The van der Waals surface area contributed by atoms with E-state index in [0.717, 1.165) is 0 Å². The summed E-state index contributed by atoms with van der Waals surface area (Å²) in [6.07, 6.45) is 1.01. The Labute approximate surface area is 110 Å². The lowest BCUT2D eigenvalue weighted by Crippen LogP contribution is -2.14. The molecule has 0 aromatic heterocycles. The van der Waals surface area contributed by atoms with Gasteiger partial charge in [0.2, 0.25) is 0 Å². The zero-order valence-corrected chi connectivity index (χ0v) is 11.3. The summed E-state index contributed by atoms with van der Waals surface area (Å²) < 4.78 is 0. The largest absolute Gasteiger partial charge is 0.478 e. The maximum atomic E-state index is 11.3. The molecule has 0 aliphatic heterocycles. The van der Waals surface area contributed by atoms with Crippen LogP contribution in [0.4, 0.5) is 0 Å². The van der Waals surface area contributed by atoms with E-state index in [4.69, 9.17) is 16.7 Å². The molecule has 1 aromatic rings. The monoisotopic (exact) mass is 270 g/mol. The van der Waals surface area contributed by atoms with Gasteiger partial charge in [-0.05, 0) is 36.5 Å². The van der Waals surface area contributed by atoms with E-state index in [1.54, 1.807) is 0 Å². The van der Waals surface area contributed by atoms with E-state index < -0.39 is 11.9 Å². The minimum absolute atomic E-state index is 0.0659. The fourth-order valence-electron chi connectivity index (χ4n) is 2.25. The van der Waals surface area contributed by atoms with Crippen molar-refractivity contribution in [1.29, 1.82) is 0 Å². The Morgan fingerprint density at radius 2 is 1.44 bits per heavy atom. The molecule has 5 heteroatoms. The van der Waals surface area contributed by atoms with Crippen molar-refractivity contribution in [3.05, 3.63) is 32.8 Å². The van der Waals surface area contributed by atoms with Gasteiger partial charge in [0, 0.05) is 0 Å². The molecule has 0 amide bonds. The predicted molar refractivity (Wildman–Crippen MR) is 68.9 cm³/mol. The first-order valence-corrected chi connectivity index (χ1v) is 6.04. The lowest BCUT2D eigenvalue weighted by molar-refractivity contribution is 0.0695. The smallest absolute Gasteiger partial charge is 0.337 e. The molecule has 0 unspecified atom stereocenters. The third kappa shape index (κ3) is 2.20. The van der Waals surface area contributed by atoms with E-state index in [2.05, 4.69) is 0 Å². The van der Waals surface area contributed by atoms with Crippen molar-refractivity contribution in [3.8, 4) is 0 Å². The average Bonchev–Trinajstić information content (AvgIpc) is 2.26. The van der Waals surface area contributed by atoms with Crippen LogP contribution >= 0.6 is 11.6 Å². The van der Waals surface area contributed by atoms with Gasteiger partial charge in [0.15, 0.2) is 0 Å². The minimum Gasteiger partial charge on any atom is -0.478 e. The van der Waals surface area contributed by atoms with E-state index in [1.165, 1.54) is 6.92 Å². The molecule has 2 N–H and O–H groups in total. The highest BCUT2D eigenvalue weighted by Crippen LogP contribution is 2.32. The number of hydrogen-bond donors (Lipinski definition) is 2. The van der Waals surface area contributed by atoms with Gasteiger partial charge in [-0.2, -0.15) is 0 Å². The fraction of sp³-hybridized carbons (Fsp3) is 0.385. The summed E-state index contributed by atoms with van der Waals surface area (Å²) in [5, 5.41) is 18.6. The standard InChI is InChI=1S/C13H15ClO4/c1-4-7-8(5-2)11(14)10(13(17)18)6(3)9(7)12(15)16/h4-5H2,1-3H3,(H,15,16)(H,17,18). The third-order valence-electron chi connectivity index (χ3n) is 3.04. The number of aromatic carboxylic acids is 2.